The molecule has 1 saturated heterocycles. The monoisotopic (exact) mass is 577 g/mol. The number of halogens is 3. The van der Waals surface area contributed by atoms with Crippen LogP contribution in [0.3, 0.4) is 0 Å². The van der Waals surface area contributed by atoms with Gasteiger partial charge in [-0.05, 0) is 50.3 Å². The predicted molar refractivity (Wildman–Crippen MR) is 147 cm³/mol. The van der Waals surface area contributed by atoms with E-state index < -0.39 is 12.3 Å². The molecule has 1 amide bonds. The van der Waals surface area contributed by atoms with E-state index in [0.717, 1.165) is 28.9 Å². The zero-order valence-electron chi connectivity index (χ0n) is 22.5. The molecule has 1 N–H and O–H groups in total. The fourth-order valence-corrected chi connectivity index (χ4v) is 6.29. The molecule has 40 heavy (non-hydrogen) atoms. The summed E-state index contributed by atoms with van der Waals surface area (Å²) in [6.07, 6.45) is 7.00. The number of ether oxygens (including phenoxy) is 2. The summed E-state index contributed by atoms with van der Waals surface area (Å²) < 4.78 is 49.9. The lowest BCUT2D eigenvalue weighted by atomic mass is 9.78. The van der Waals surface area contributed by atoms with Crippen molar-refractivity contribution in [1.29, 1.82) is 0 Å². The molecular weight excluding hydrogens is 543 g/mol. The van der Waals surface area contributed by atoms with Crippen molar-refractivity contribution in [1.82, 2.24) is 19.9 Å². The Labute approximate surface area is 235 Å². The second-order valence-electron chi connectivity index (χ2n) is 10.6. The molecule has 0 spiro atoms. The van der Waals surface area contributed by atoms with Gasteiger partial charge < -0.3 is 14.8 Å². The van der Waals surface area contributed by atoms with Crippen molar-refractivity contribution in [2.75, 3.05) is 25.0 Å². The van der Waals surface area contributed by atoms with E-state index in [1.54, 1.807) is 23.4 Å². The molecule has 3 fully saturated rings. The predicted octanol–water partition coefficient (Wildman–Crippen LogP) is 5.58. The van der Waals surface area contributed by atoms with Gasteiger partial charge in [-0.15, -0.1) is 0 Å². The molecule has 1 unspecified atom stereocenters. The lowest BCUT2D eigenvalue weighted by Gasteiger charge is -2.45. The van der Waals surface area contributed by atoms with E-state index in [0.29, 0.717) is 48.7 Å². The number of rotatable bonds is 9. The van der Waals surface area contributed by atoms with Crippen LogP contribution in [0, 0.1) is 5.92 Å². The summed E-state index contributed by atoms with van der Waals surface area (Å²) in [6.45, 7) is 6.52. The van der Waals surface area contributed by atoms with Crippen LogP contribution in [0.25, 0.3) is 17.7 Å². The maximum atomic E-state index is 13.0. The van der Waals surface area contributed by atoms with Crippen LogP contribution < -0.4 is 5.32 Å². The van der Waals surface area contributed by atoms with Crippen LogP contribution >= 0.6 is 11.3 Å². The fourth-order valence-electron chi connectivity index (χ4n) is 5.31. The smallest absolute Gasteiger partial charge is 0.370 e. The van der Waals surface area contributed by atoms with Gasteiger partial charge in [-0.3, -0.25) is 9.69 Å². The van der Waals surface area contributed by atoms with Gasteiger partial charge in [0.25, 0.3) is 0 Å². The summed E-state index contributed by atoms with van der Waals surface area (Å²) in [5.74, 6) is 0.227. The number of nitrogens with one attached hydrogen (secondary N) is 1. The van der Waals surface area contributed by atoms with Crippen molar-refractivity contribution < 1.29 is 27.4 Å². The number of amides is 1. The Morgan fingerprint density at radius 1 is 1.27 bits per heavy atom. The topological polar surface area (TPSA) is 89.5 Å². The molecule has 2 aromatic heterocycles. The first kappa shape index (κ1) is 28.8. The third-order valence-electron chi connectivity index (χ3n) is 7.83. The summed E-state index contributed by atoms with van der Waals surface area (Å²) in [7, 11) is 0. The summed E-state index contributed by atoms with van der Waals surface area (Å²) in [6, 6.07) is -0.0476. The zero-order valence-corrected chi connectivity index (χ0v) is 23.3. The highest BCUT2D eigenvalue weighted by molar-refractivity contribution is 7.16. The summed E-state index contributed by atoms with van der Waals surface area (Å²) in [5, 5.41) is 3.34. The zero-order chi connectivity index (χ0) is 28.3. The Balaban J connectivity index is 1.14. The second-order valence-corrected chi connectivity index (χ2v) is 11.6. The van der Waals surface area contributed by atoms with Crippen molar-refractivity contribution in [3.8, 4) is 0 Å². The average Bonchev–Trinajstić information content (AvgIpc) is 3.56. The number of hydrogen-bond acceptors (Lipinski definition) is 8. The first-order valence-electron chi connectivity index (χ1n) is 13.7. The number of thiazole rings is 1. The van der Waals surface area contributed by atoms with E-state index in [4.69, 9.17) is 9.47 Å². The molecule has 5 rings (SSSR count). The molecule has 1 atom stereocenters. The van der Waals surface area contributed by atoms with Gasteiger partial charge >= 0.3 is 6.18 Å². The molecule has 1 aliphatic heterocycles. The second kappa shape index (κ2) is 12.5. The van der Waals surface area contributed by atoms with Crippen molar-refractivity contribution in [3.05, 3.63) is 40.9 Å². The van der Waals surface area contributed by atoms with Gasteiger partial charge in [-0.1, -0.05) is 30.8 Å². The number of morpholine rings is 1. The number of aromatic nitrogens is 3. The van der Waals surface area contributed by atoms with Crippen molar-refractivity contribution in [2.24, 2.45) is 5.92 Å². The van der Waals surface area contributed by atoms with E-state index in [2.05, 4.69) is 26.8 Å². The normalized spacial score (nSPS) is 24.6. The van der Waals surface area contributed by atoms with E-state index in [9.17, 15) is 18.0 Å². The Bertz CT molecular complexity index is 1220. The minimum absolute atomic E-state index is 0.0435. The van der Waals surface area contributed by atoms with Crippen LogP contribution in [0.15, 0.2) is 19.0 Å². The SMILES string of the molecule is C=Cc1nc(NC(=O)C2CC(N3CCOC(C(F)(F)F)C3)C2)sc1/C=C(\C)c1cnc(COC2CCCC2)nc1. The number of allylic oxidation sites excluding steroid dienone is 1. The van der Waals surface area contributed by atoms with E-state index in [-0.39, 0.29) is 31.0 Å². The standard InChI is InChI=1S/C28H34F3N5O3S/c1-3-22-23(10-17(2)19-13-32-25(33-14-19)16-39-21-6-4-5-7-21)40-27(34-22)35-26(37)18-11-20(12-18)36-8-9-38-24(15-36)28(29,30)31/h3,10,13-14,18,20-21,24H,1,4-9,11-12,15-16H2,2H3,(H,34,35,37)/b17-10+. The summed E-state index contributed by atoms with van der Waals surface area (Å²) >= 11 is 1.34. The van der Waals surface area contributed by atoms with Gasteiger partial charge in [0.15, 0.2) is 17.1 Å². The molecule has 3 aliphatic rings. The molecule has 0 radical (unpaired) electrons. The van der Waals surface area contributed by atoms with Crippen LogP contribution in [0.1, 0.15) is 67.4 Å². The average molecular weight is 578 g/mol. The van der Waals surface area contributed by atoms with Gasteiger partial charge in [0.05, 0.1) is 23.3 Å². The molecular formula is C28H34F3N5O3S. The molecule has 216 valence electrons. The van der Waals surface area contributed by atoms with Gasteiger partial charge in [0.1, 0.15) is 6.61 Å². The molecule has 3 heterocycles. The molecule has 12 heteroatoms. The van der Waals surface area contributed by atoms with Crippen molar-refractivity contribution in [3.63, 3.8) is 0 Å². The van der Waals surface area contributed by atoms with Crippen molar-refractivity contribution in [2.45, 2.75) is 76.5 Å². The molecule has 0 bridgehead atoms. The molecule has 2 aliphatic carbocycles. The van der Waals surface area contributed by atoms with E-state index >= 15 is 0 Å². The molecule has 2 aromatic rings. The van der Waals surface area contributed by atoms with Crippen molar-refractivity contribution >= 4 is 40.1 Å². The van der Waals surface area contributed by atoms with Crippen LogP contribution in [-0.4, -0.2) is 69.9 Å². The highest BCUT2D eigenvalue weighted by Gasteiger charge is 2.47. The Kier molecular flexibility index (Phi) is 8.98. The third-order valence-corrected chi connectivity index (χ3v) is 8.76. The third kappa shape index (κ3) is 6.96. The Morgan fingerprint density at radius 2 is 2.00 bits per heavy atom. The first-order valence-corrected chi connectivity index (χ1v) is 14.5. The number of hydrogen-bond donors (Lipinski definition) is 1. The molecule has 8 nitrogen and oxygen atoms in total. The molecule has 2 saturated carbocycles. The van der Waals surface area contributed by atoms with E-state index in [1.165, 1.54) is 24.2 Å². The Hall–Kier alpha value is -2.67. The number of nitrogens with zero attached hydrogens (tertiary/aromatic N) is 4. The number of anilines is 1. The highest BCUT2D eigenvalue weighted by atomic mass is 32.1. The summed E-state index contributed by atoms with van der Waals surface area (Å²) in [4.78, 5) is 28.9. The van der Waals surface area contributed by atoms with Crippen LogP contribution in [0.4, 0.5) is 18.3 Å². The number of alkyl halides is 3. The number of carbonyl (C=O) groups excluding carboxylic acids is 1. The minimum atomic E-state index is -4.38. The number of carbonyl (C=O) groups is 1. The maximum Gasteiger partial charge on any atom is 0.415 e. The van der Waals surface area contributed by atoms with Crippen LogP contribution in [0.2, 0.25) is 0 Å². The van der Waals surface area contributed by atoms with Gasteiger partial charge in [0, 0.05) is 43.0 Å². The lowest BCUT2D eigenvalue weighted by molar-refractivity contribution is -0.241. The van der Waals surface area contributed by atoms with E-state index in [1.807, 2.05) is 13.0 Å². The highest BCUT2D eigenvalue weighted by Crippen LogP contribution is 2.36. The Morgan fingerprint density at radius 3 is 2.67 bits per heavy atom. The molecule has 0 aromatic carbocycles. The largest absolute Gasteiger partial charge is 0.415 e. The van der Waals surface area contributed by atoms with Crippen LogP contribution in [-0.2, 0) is 20.9 Å². The lowest BCUT2D eigenvalue weighted by Crippen LogP contribution is -2.56. The quantitative estimate of drug-likeness (QED) is 0.417. The van der Waals surface area contributed by atoms with Gasteiger partial charge in [-0.25, -0.2) is 15.0 Å². The van der Waals surface area contributed by atoms with Gasteiger partial charge in [0.2, 0.25) is 5.91 Å². The maximum absolute atomic E-state index is 13.0. The first-order chi connectivity index (χ1) is 19.2. The minimum Gasteiger partial charge on any atom is -0.370 e. The van der Waals surface area contributed by atoms with Crippen LogP contribution in [0.5, 0.6) is 0 Å². The summed E-state index contributed by atoms with van der Waals surface area (Å²) in [5.41, 5.74) is 2.47. The van der Waals surface area contributed by atoms with Gasteiger partial charge in [-0.2, -0.15) is 13.2 Å². The fraction of sp³-hybridized carbons (Fsp3) is 0.571.